The zero-order chi connectivity index (χ0) is 16.8. The van der Waals surface area contributed by atoms with Crippen LogP contribution in [0.4, 0.5) is 0 Å². The number of aryl methyl sites for hydroxylation is 1. The third-order valence-corrected chi connectivity index (χ3v) is 3.98. The topological polar surface area (TPSA) is 81.3 Å². The monoisotopic (exact) mass is 326 g/mol. The molecular formula is C17H22N6O. The largest absolute Gasteiger partial charge is 0.341 e. The molecule has 2 heterocycles. The fraction of sp³-hybridized carbons (Fsp3) is 0.294. The zero-order valence-electron chi connectivity index (χ0n) is 13.6. The Bertz CT molecular complexity index is 672. The van der Waals surface area contributed by atoms with E-state index in [9.17, 15) is 4.79 Å². The molecule has 1 aliphatic heterocycles. The molecule has 0 aliphatic carbocycles. The molecule has 1 fully saturated rings. The van der Waals surface area contributed by atoms with Gasteiger partial charge in [0.2, 0.25) is 5.91 Å². The van der Waals surface area contributed by atoms with Gasteiger partial charge in [-0.15, -0.1) is 0 Å². The van der Waals surface area contributed by atoms with Crippen LogP contribution in [0.3, 0.4) is 0 Å². The van der Waals surface area contributed by atoms with E-state index in [1.807, 2.05) is 37.4 Å². The molecule has 0 saturated carbocycles. The number of hydrazine groups is 3. The Kier molecular flexibility index (Phi) is 5.50. The van der Waals surface area contributed by atoms with Crippen molar-refractivity contribution in [3.05, 3.63) is 65.5 Å². The van der Waals surface area contributed by atoms with Crippen molar-refractivity contribution in [2.45, 2.75) is 25.6 Å². The first kappa shape index (κ1) is 16.5. The number of hydrogen-bond donors (Lipinski definition) is 4. The van der Waals surface area contributed by atoms with Crippen molar-refractivity contribution >= 4 is 5.91 Å². The fourth-order valence-electron chi connectivity index (χ4n) is 2.64. The highest BCUT2D eigenvalue weighted by Crippen LogP contribution is 2.14. The summed E-state index contributed by atoms with van der Waals surface area (Å²) in [6.07, 6.45) is 4.74. The summed E-state index contributed by atoms with van der Waals surface area (Å²) in [6.45, 7) is 0.591. The van der Waals surface area contributed by atoms with Gasteiger partial charge in [-0.3, -0.25) is 9.78 Å². The van der Waals surface area contributed by atoms with Crippen LogP contribution in [0.1, 0.15) is 29.3 Å². The summed E-state index contributed by atoms with van der Waals surface area (Å²) in [5.41, 5.74) is 15.0. The van der Waals surface area contributed by atoms with Crippen LogP contribution in [0.25, 0.3) is 0 Å². The van der Waals surface area contributed by atoms with Gasteiger partial charge < -0.3 is 4.90 Å². The summed E-state index contributed by atoms with van der Waals surface area (Å²) >= 11 is 0. The number of nitrogens with one attached hydrogen (secondary N) is 4. The molecule has 0 spiro atoms. The van der Waals surface area contributed by atoms with E-state index in [1.165, 1.54) is 0 Å². The van der Waals surface area contributed by atoms with Crippen LogP contribution >= 0.6 is 0 Å². The van der Waals surface area contributed by atoms with E-state index in [4.69, 9.17) is 0 Å². The summed E-state index contributed by atoms with van der Waals surface area (Å²) in [6, 6.07) is 12.0. The minimum absolute atomic E-state index is 0.00321. The van der Waals surface area contributed by atoms with Gasteiger partial charge in [0.25, 0.3) is 0 Å². The lowest BCUT2D eigenvalue weighted by atomic mass is 10.1. The highest BCUT2D eigenvalue weighted by Gasteiger charge is 2.15. The van der Waals surface area contributed by atoms with Gasteiger partial charge in [-0.1, -0.05) is 30.3 Å². The maximum atomic E-state index is 12.3. The molecule has 0 unspecified atom stereocenters. The molecule has 2 aromatic rings. The molecule has 0 bridgehead atoms. The molecule has 1 aliphatic rings. The van der Waals surface area contributed by atoms with Crippen LogP contribution in [-0.4, -0.2) is 22.8 Å². The van der Waals surface area contributed by atoms with Gasteiger partial charge in [0, 0.05) is 32.4 Å². The number of carbonyl (C=O) groups excluding carboxylic acids is 1. The van der Waals surface area contributed by atoms with Crippen molar-refractivity contribution in [2.75, 3.05) is 7.05 Å². The average Bonchev–Trinajstić information content (AvgIpc) is 3.15. The quantitative estimate of drug-likeness (QED) is 0.628. The molecule has 1 saturated heterocycles. The molecule has 1 aromatic heterocycles. The zero-order valence-corrected chi connectivity index (χ0v) is 13.6. The van der Waals surface area contributed by atoms with Gasteiger partial charge in [0.05, 0.1) is 0 Å². The van der Waals surface area contributed by atoms with Crippen molar-refractivity contribution in [3.8, 4) is 0 Å². The molecule has 1 amide bonds. The van der Waals surface area contributed by atoms with Gasteiger partial charge in [0.15, 0.2) is 0 Å². The Hall–Kier alpha value is -2.32. The van der Waals surface area contributed by atoms with Gasteiger partial charge in [-0.05, 0) is 29.2 Å². The maximum absolute atomic E-state index is 12.3. The molecule has 24 heavy (non-hydrogen) atoms. The fourth-order valence-corrected chi connectivity index (χ4v) is 2.64. The van der Waals surface area contributed by atoms with Crippen LogP contribution < -0.4 is 21.9 Å². The van der Waals surface area contributed by atoms with Crippen LogP contribution in [0.5, 0.6) is 0 Å². The number of aromatic nitrogens is 1. The van der Waals surface area contributed by atoms with Crippen LogP contribution in [0.2, 0.25) is 0 Å². The normalized spacial score (nSPS) is 14.7. The van der Waals surface area contributed by atoms with Crippen molar-refractivity contribution in [1.29, 1.82) is 0 Å². The Morgan fingerprint density at radius 1 is 1.17 bits per heavy atom. The lowest BCUT2D eigenvalue weighted by molar-refractivity contribution is -0.130. The van der Waals surface area contributed by atoms with E-state index >= 15 is 0 Å². The predicted octanol–water partition coefficient (Wildman–Crippen LogP) is 0.788. The van der Waals surface area contributed by atoms with E-state index in [2.05, 4.69) is 33.0 Å². The summed E-state index contributed by atoms with van der Waals surface area (Å²) in [4.78, 5) is 18.2. The van der Waals surface area contributed by atoms with Gasteiger partial charge >= 0.3 is 0 Å². The second kappa shape index (κ2) is 7.98. The third-order valence-electron chi connectivity index (χ3n) is 3.98. The Morgan fingerprint density at radius 3 is 2.71 bits per heavy atom. The number of carbonyl (C=O) groups is 1. The Balaban J connectivity index is 1.54. The van der Waals surface area contributed by atoms with Gasteiger partial charge in [0.1, 0.15) is 6.17 Å². The molecule has 7 nitrogen and oxygen atoms in total. The Morgan fingerprint density at radius 2 is 1.96 bits per heavy atom. The maximum Gasteiger partial charge on any atom is 0.222 e. The molecule has 1 aromatic carbocycles. The number of benzene rings is 1. The summed E-state index contributed by atoms with van der Waals surface area (Å²) in [5, 5.41) is 0. The molecule has 0 radical (unpaired) electrons. The molecule has 3 rings (SSSR count). The van der Waals surface area contributed by atoms with Crippen LogP contribution in [0.15, 0.2) is 48.8 Å². The molecule has 126 valence electrons. The standard InChI is InChI=1S/C17H22N6O/c1-23(16(24)8-7-13-5-3-9-18-11-13)12-14-4-2-6-15(10-14)17-19-21-22-20-17/h2-6,9-11,17,19-22H,7-8,12H2,1H3. The second-order valence-electron chi connectivity index (χ2n) is 5.83. The minimum Gasteiger partial charge on any atom is -0.341 e. The molecule has 0 atom stereocenters. The van der Waals surface area contributed by atoms with Gasteiger partial charge in [-0.25, -0.2) is 10.9 Å². The van der Waals surface area contributed by atoms with E-state index in [0.717, 1.165) is 16.7 Å². The summed E-state index contributed by atoms with van der Waals surface area (Å²) in [7, 11) is 1.84. The molecule has 4 N–H and O–H groups in total. The smallest absolute Gasteiger partial charge is 0.222 e. The number of rotatable bonds is 6. The average molecular weight is 326 g/mol. The number of pyridine rings is 1. The van der Waals surface area contributed by atoms with Crippen molar-refractivity contribution in [2.24, 2.45) is 0 Å². The number of nitrogens with zero attached hydrogens (tertiary/aromatic N) is 2. The second-order valence-corrected chi connectivity index (χ2v) is 5.83. The number of hydrogen-bond acceptors (Lipinski definition) is 6. The van der Waals surface area contributed by atoms with Crippen LogP contribution in [0, 0.1) is 0 Å². The Labute approximate surface area is 141 Å². The summed E-state index contributed by atoms with van der Waals surface area (Å²) < 4.78 is 0. The lowest BCUT2D eigenvalue weighted by Gasteiger charge is -2.18. The highest BCUT2D eigenvalue weighted by atomic mass is 16.2. The first-order valence-electron chi connectivity index (χ1n) is 7.95. The summed E-state index contributed by atoms with van der Waals surface area (Å²) in [5.74, 6) is 0.129. The van der Waals surface area contributed by atoms with Crippen LogP contribution in [-0.2, 0) is 17.8 Å². The van der Waals surface area contributed by atoms with E-state index in [0.29, 0.717) is 19.4 Å². The first-order chi connectivity index (χ1) is 11.7. The van der Waals surface area contributed by atoms with Crippen molar-refractivity contribution in [3.63, 3.8) is 0 Å². The highest BCUT2D eigenvalue weighted by molar-refractivity contribution is 5.76. The third kappa shape index (κ3) is 4.36. The number of amides is 1. The van der Waals surface area contributed by atoms with E-state index < -0.39 is 0 Å². The van der Waals surface area contributed by atoms with Crippen molar-refractivity contribution in [1.82, 2.24) is 31.8 Å². The van der Waals surface area contributed by atoms with E-state index in [-0.39, 0.29) is 12.1 Å². The predicted molar refractivity (Wildman–Crippen MR) is 90.8 cm³/mol. The molecular weight excluding hydrogens is 304 g/mol. The van der Waals surface area contributed by atoms with Gasteiger partial charge in [-0.2, -0.15) is 11.1 Å². The first-order valence-corrected chi connectivity index (χ1v) is 7.95. The lowest BCUT2D eigenvalue weighted by Crippen LogP contribution is -2.33. The van der Waals surface area contributed by atoms with E-state index in [1.54, 1.807) is 17.3 Å². The SMILES string of the molecule is CN(Cc1cccc(C2NNNN2)c1)C(=O)CCc1cccnc1. The van der Waals surface area contributed by atoms with Crippen molar-refractivity contribution < 1.29 is 4.79 Å². The molecule has 7 heteroatoms. The minimum atomic E-state index is -0.00321.